The Bertz CT molecular complexity index is 554. The fourth-order valence-corrected chi connectivity index (χ4v) is 2.69. The molecular weight excluding hydrogens is 264 g/mol. The molecule has 21 heavy (non-hydrogen) atoms. The minimum atomic E-state index is 0.224. The number of hydrogen-bond acceptors (Lipinski definition) is 4. The number of nitrogens with zero attached hydrogens (tertiary/aromatic N) is 4. The van der Waals surface area contributed by atoms with E-state index in [1.165, 1.54) is 5.56 Å². The molecule has 2 aromatic heterocycles. The Morgan fingerprint density at radius 3 is 3.10 bits per heavy atom. The first-order valence-electron chi connectivity index (χ1n) is 7.52. The third-order valence-electron chi connectivity index (χ3n) is 3.79. The molecule has 0 N–H and O–H groups in total. The van der Waals surface area contributed by atoms with Crippen LogP contribution in [-0.2, 0) is 17.7 Å². The molecule has 0 unspecified atom stereocenters. The highest BCUT2D eigenvalue weighted by Crippen LogP contribution is 2.09. The minimum Gasteiger partial charge on any atom is -0.374 e. The van der Waals surface area contributed by atoms with E-state index < -0.39 is 0 Å². The van der Waals surface area contributed by atoms with Crippen molar-refractivity contribution in [2.75, 3.05) is 26.2 Å². The highest BCUT2D eigenvalue weighted by molar-refractivity contribution is 5.04. The standard InChI is InChI=1S/C16H22N4O/c1-14-10-18-20(11-14)13-16-12-19(8-9-21-16)7-5-15-4-2-3-6-17-15/h2-4,6,10-11,16H,5,7-9,12-13H2,1H3/t16-/m1/s1. The number of aromatic nitrogens is 3. The van der Waals surface area contributed by atoms with E-state index in [-0.39, 0.29) is 6.10 Å². The van der Waals surface area contributed by atoms with Crippen LogP contribution in [0.5, 0.6) is 0 Å². The molecule has 1 aliphatic rings. The van der Waals surface area contributed by atoms with Crippen molar-refractivity contribution < 1.29 is 4.74 Å². The lowest BCUT2D eigenvalue weighted by Gasteiger charge is -2.32. The molecule has 2 aromatic rings. The van der Waals surface area contributed by atoms with E-state index in [4.69, 9.17) is 4.74 Å². The minimum absolute atomic E-state index is 0.224. The molecule has 3 heterocycles. The highest BCUT2D eigenvalue weighted by atomic mass is 16.5. The van der Waals surface area contributed by atoms with Crippen molar-refractivity contribution in [1.29, 1.82) is 0 Å². The summed E-state index contributed by atoms with van der Waals surface area (Å²) < 4.78 is 7.83. The van der Waals surface area contributed by atoms with E-state index in [2.05, 4.69) is 34.2 Å². The van der Waals surface area contributed by atoms with Gasteiger partial charge in [-0.2, -0.15) is 5.10 Å². The van der Waals surface area contributed by atoms with E-state index >= 15 is 0 Å². The second-order valence-electron chi connectivity index (χ2n) is 5.60. The molecule has 0 radical (unpaired) electrons. The predicted octanol–water partition coefficient (Wildman–Crippen LogP) is 1.53. The van der Waals surface area contributed by atoms with E-state index in [0.717, 1.165) is 44.9 Å². The van der Waals surface area contributed by atoms with Crippen LogP contribution in [0, 0.1) is 6.92 Å². The van der Waals surface area contributed by atoms with Gasteiger partial charge in [0.2, 0.25) is 0 Å². The Labute approximate surface area is 125 Å². The van der Waals surface area contributed by atoms with Crippen LogP contribution in [0.3, 0.4) is 0 Å². The van der Waals surface area contributed by atoms with Crippen molar-refractivity contribution in [2.45, 2.75) is 26.0 Å². The smallest absolute Gasteiger partial charge is 0.0898 e. The molecule has 0 aliphatic carbocycles. The van der Waals surface area contributed by atoms with Crippen molar-refractivity contribution in [1.82, 2.24) is 19.7 Å². The monoisotopic (exact) mass is 286 g/mol. The van der Waals surface area contributed by atoms with Crippen LogP contribution in [0.25, 0.3) is 0 Å². The van der Waals surface area contributed by atoms with E-state index in [1.54, 1.807) is 0 Å². The summed E-state index contributed by atoms with van der Waals surface area (Å²) in [4.78, 5) is 6.84. The van der Waals surface area contributed by atoms with E-state index in [0.29, 0.717) is 0 Å². The number of morpholine rings is 1. The van der Waals surface area contributed by atoms with Gasteiger partial charge in [-0.3, -0.25) is 14.6 Å². The highest BCUT2D eigenvalue weighted by Gasteiger charge is 2.20. The summed E-state index contributed by atoms with van der Waals surface area (Å²) in [7, 11) is 0. The van der Waals surface area contributed by atoms with Gasteiger partial charge in [-0.1, -0.05) is 6.07 Å². The second-order valence-corrected chi connectivity index (χ2v) is 5.60. The van der Waals surface area contributed by atoms with E-state index in [9.17, 15) is 0 Å². The predicted molar refractivity (Wildman–Crippen MR) is 81.1 cm³/mol. The average molecular weight is 286 g/mol. The van der Waals surface area contributed by atoms with Gasteiger partial charge in [0.25, 0.3) is 0 Å². The van der Waals surface area contributed by atoms with Crippen LogP contribution >= 0.6 is 0 Å². The number of ether oxygens (including phenoxy) is 1. The zero-order chi connectivity index (χ0) is 14.5. The van der Waals surface area contributed by atoms with Gasteiger partial charge in [-0.05, 0) is 24.6 Å². The van der Waals surface area contributed by atoms with Crippen LogP contribution in [0.4, 0.5) is 0 Å². The van der Waals surface area contributed by atoms with Crippen LogP contribution in [0.1, 0.15) is 11.3 Å². The summed E-state index contributed by atoms with van der Waals surface area (Å²) in [6.07, 6.45) is 7.03. The van der Waals surface area contributed by atoms with Crippen molar-refractivity contribution in [2.24, 2.45) is 0 Å². The molecule has 5 heteroatoms. The summed E-state index contributed by atoms with van der Waals surface area (Å²) >= 11 is 0. The van der Waals surface area contributed by atoms with Crippen molar-refractivity contribution in [3.05, 3.63) is 48.0 Å². The summed E-state index contributed by atoms with van der Waals surface area (Å²) in [5.41, 5.74) is 2.35. The van der Waals surface area contributed by atoms with Crippen molar-refractivity contribution in [3.8, 4) is 0 Å². The Kier molecular flexibility index (Phi) is 4.62. The van der Waals surface area contributed by atoms with Crippen LogP contribution < -0.4 is 0 Å². The Hall–Kier alpha value is -1.72. The molecular formula is C16H22N4O. The zero-order valence-electron chi connectivity index (χ0n) is 12.5. The molecule has 112 valence electrons. The van der Waals surface area contributed by atoms with Gasteiger partial charge in [0.05, 0.1) is 25.5 Å². The molecule has 1 fully saturated rings. The SMILES string of the molecule is Cc1cnn(C[C@H]2CN(CCc3ccccn3)CCO2)c1. The van der Waals surface area contributed by atoms with Gasteiger partial charge in [0.15, 0.2) is 0 Å². The molecule has 3 rings (SSSR count). The molecule has 0 aromatic carbocycles. The topological polar surface area (TPSA) is 43.2 Å². The lowest BCUT2D eigenvalue weighted by atomic mass is 10.2. The maximum atomic E-state index is 5.86. The quantitative estimate of drug-likeness (QED) is 0.836. The Morgan fingerprint density at radius 2 is 2.33 bits per heavy atom. The van der Waals surface area contributed by atoms with Gasteiger partial charge in [0.1, 0.15) is 0 Å². The van der Waals surface area contributed by atoms with Gasteiger partial charge >= 0.3 is 0 Å². The second kappa shape index (κ2) is 6.83. The fraction of sp³-hybridized carbons (Fsp3) is 0.500. The first-order valence-corrected chi connectivity index (χ1v) is 7.52. The largest absolute Gasteiger partial charge is 0.374 e. The first-order chi connectivity index (χ1) is 10.3. The lowest BCUT2D eigenvalue weighted by Crippen LogP contribution is -2.45. The maximum Gasteiger partial charge on any atom is 0.0898 e. The first kappa shape index (κ1) is 14.2. The molecule has 1 saturated heterocycles. The number of hydrogen-bond donors (Lipinski definition) is 0. The molecule has 0 spiro atoms. The summed E-state index contributed by atoms with van der Waals surface area (Å²) in [5.74, 6) is 0. The summed E-state index contributed by atoms with van der Waals surface area (Å²) in [6, 6.07) is 6.09. The Morgan fingerprint density at radius 1 is 1.38 bits per heavy atom. The van der Waals surface area contributed by atoms with Gasteiger partial charge < -0.3 is 4.74 Å². The molecule has 0 bridgehead atoms. The van der Waals surface area contributed by atoms with Crippen molar-refractivity contribution >= 4 is 0 Å². The van der Waals surface area contributed by atoms with Crippen LogP contribution in [0.15, 0.2) is 36.8 Å². The Balaban J connectivity index is 1.49. The summed E-state index contributed by atoms with van der Waals surface area (Å²) in [6.45, 7) is 6.69. The lowest BCUT2D eigenvalue weighted by molar-refractivity contribution is -0.0371. The number of rotatable bonds is 5. The number of pyridine rings is 1. The third kappa shape index (κ3) is 4.12. The van der Waals surface area contributed by atoms with Crippen LogP contribution in [-0.4, -0.2) is 52.0 Å². The molecule has 0 amide bonds. The zero-order valence-corrected chi connectivity index (χ0v) is 12.5. The van der Waals surface area contributed by atoms with Gasteiger partial charge in [-0.15, -0.1) is 0 Å². The molecule has 1 atom stereocenters. The van der Waals surface area contributed by atoms with Gasteiger partial charge in [-0.25, -0.2) is 0 Å². The molecule has 1 aliphatic heterocycles. The number of aryl methyl sites for hydroxylation is 1. The molecule has 5 nitrogen and oxygen atoms in total. The van der Waals surface area contributed by atoms with E-state index in [1.807, 2.05) is 29.2 Å². The fourth-order valence-electron chi connectivity index (χ4n) is 2.69. The average Bonchev–Trinajstić information content (AvgIpc) is 2.92. The summed E-state index contributed by atoms with van der Waals surface area (Å²) in [5, 5.41) is 4.34. The van der Waals surface area contributed by atoms with Crippen molar-refractivity contribution in [3.63, 3.8) is 0 Å². The maximum absolute atomic E-state index is 5.86. The molecule has 0 saturated carbocycles. The van der Waals surface area contributed by atoms with Crippen LogP contribution in [0.2, 0.25) is 0 Å². The van der Waals surface area contributed by atoms with Gasteiger partial charge in [0, 0.05) is 44.1 Å². The normalized spacial score (nSPS) is 19.8. The third-order valence-corrected chi connectivity index (χ3v) is 3.79.